The maximum atomic E-state index is 9.98. The third-order valence-corrected chi connectivity index (χ3v) is 1.96. The van der Waals surface area contributed by atoms with E-state index in [0.29, 0.717) is 0 Å². The van der Waals surface area contributed by atoms with E-state index in [1.54, 1.807) is 0 Å². The van der Waals surface area contributed by atoms with Gasteiger partial charge in [0.1, 0.15) is 0 Å². The topological polar surface area (TPSA) is 86.2 Å². The van der Waals surface area contributed by atoms with E-state index in [-0.39, 0.29) is 48.5 Å². The highest BCUT2D eigenvalue weighted by Gasteiger charge is 2.27. The second-order valence-electron chi connectivity index (χ2n) is 3.35. The van der Waals surface area contributed by atoms with Crippen LogP contribution in [0.1, 0.15) is 25.7 Å². The summed E-state index contributed by atoms with van der Waals surface area (Å²) in [5, 5.41) is 0. The van der Waals surface area contributed by atoms with Crippen LogP contribution >= 0.6 is 24.8 Å². The molecule has 0 aromatic carbocycles. The van der Waals surface area contributed by atoms with Crippen molar-refractivity contribution in [1.29, 1.82) is 0 Å². The van der Waals surface area contributed by atoms with Crippen LogP contribution in [0.2, 0.25) is 0 Å². The van der Waals surface area contributed by atoms with Crippen LogP contribution in [-0.4, -0.2) is 11.8 Å². The molecule has 84 valence electrons. The maximum absolute atomic E-state index is 9.98. The predicted molar refractivity (Wildman–Crippen MR) is 58.3 cm³/mol. The number of halogens is 2. The van der Waals surface area contributed by atoms with Gasteiger partial charge in [0.2, 0.25) is 11.8 Å². The summed E-state index contributed by atoms with van der Waals surface area (Å²) in [7, 11) is 0. The molecular weight excluding hydrogens is 227 g/mol. The largest absolute Gasteiger partial charge is 0.369 e. The van der Waals surface area contributed by atoms with Crippen LogP contribution in [0.25, 0.3) is 0 Å². The number of rotatable bonds is 2. The summed E-state index contributed by atoms with van der Waals surface area (Å²) < 4.78 is 0. The minimum atomic E-state index is -0.130. The molecule has 2 amide bonds. The van der Waals surface area contributed by atoms with Crippen molar-refractivity contribution in [2.24, 2.45) is 23.3 Å². The summed E-state index contributed by atoms with van der Waals surface area (Å²) in [5.41, 5.74) is 9.72. The van der Waals surface area contributed by atoms with Crippen LogP contribution in [0.4, 0.5) is 0 Å². The van der Waals surface area contributed by atoms with E-state index >= 15 is 0 Å². The molecular formula is C8H16Cl2N2O2. The molecule has 0 aromatic rings. The Morgan fingerprint density at radius 2 is 1.00 bits per heavy atom. The van der Waals surface area contributed by atoms with Gasteiger partial charge in [-0.25, -0.2) is 0 Å². The molecule has 0 bridgehead atoms. The molecule has 0 atom stereocenters. The van der Waals surface area contributed by atoms with E-state index < -0.39 is 0 Å². The smallest absolute Gasteiger partial charge is 0.220 e. The number of hydrogen-bond acceptors (Lipinski definition) is 2. The summed E-state index contributed by atoms with van der Waals surface area (Å²) in [4.78, 5) is 20.0. The van der Waals surface area contributed by atoms with Crippen molar-refractivity contribution in [3.05, 3.63) is 0 Å². The van der Waals surface area contributed by atoms with Gasteiger partial charge in [0.05, 0.1) is 0 Å². The molecule has 2 fully saturated rings. The number of hydrogen-bond donors (Lipinski definition) is 2. The molecule has 4 N–H and O–H groups in total. The second kappa shape index (κ2) is 6.90. The van der Waals surface area contributed by atoms with Crippen LogP contribution in [0.15, 0.2) is 0 Å². The molecule has 0 aliphatic heterocycles. The van der Waals surface area contributed by atoms with Gasteiger partial charge in [-0.1, -0.05) is 0 Å². The zero-order valence-electron chi connectivity index (χ0n) is 7.77. The van der Waals surface area contributed by atoms with Crippen LogP contribution in [-0.2, 0) is 9.59 Å². The first-order chi connectivity index (χ1) is 5.61. The Morgan fingerprint density at radius 1 is 0.786 bits per heavy atom. The summed E-state index contributed by atoms with van der Waals surface area (Å²) in [6.07, 6.45) is 4.09. The van der Waals surface area contributed by atoms with Crippen LogP contribution < -0.4 is 11.5 Å². The summed E-state index contributed by atoms with van der Waals surface area (Å²) in [5.74, 6) is 0.222. The fraction of sp³-hybridized carbons (Fsp3) is 0.750. The van der Waals surface area contributed by atoms with Crippen molar-refractivity contribution in [2.75, 3.05) is 0 Å². The molecule has 0 saturated heterocycles. The molecule has 14 heavy (non-hydrogen) atoms. The molecule has 4 nitrogen and oxygen atoms in total. The average molecular weight is 243 g/mol. The van der Waals surface area contributed by atoms with Gasteiger partial charge in [-0.05, 0) is 25.7 Å². The summed E-state index contributed by atoms with van der Waals surface area (Å²) in [6.45, 7) is 0. The fourth-order valence-electron chi connectivity index (χ4n) is 0.736. The van der Waals surface area contributed by atoms with E-state index in [9.17, 15) is 9.59 Å². The lowest BCUT2D eigenvalue weighted by Gasteiger charge is -1.77. The summed E-state index contributed by atoms with van der Waals surface area (Å²) in [6, 6.07) is 0. The van der Waals surface area contributed by atoms with Gasteiger partial charge in [0, 0.05) is 11.8 Å². The molecule has 0 heterocycles. The van der Waals surface area contributed by atoms with Gasteiger partial charge in [-0.15, -0.1) is 24.8 Å². The quantitative estimate of drug-likeness (QED) is 0.744. The third-order valence-electron chi connectivity index (χ3n) is 1.96. The number of carbonyl (C=O) groups excluding carboxylic acids is 2. The summed E-state index contributed by atoms with van der Waals surface area (Å²) >= 11 is 0. The Bertz CT molecular complexity index is 182. The predicted octanol–water partition coefficient (Wildman–Crippen LogP) is 0.607. The first-order valence-corrected chi connectivity index (χ1v) is 4.20. The molecule has 2 aliphatic carbocycles. The zero-order chi connectivity index (χ0) is 9.14. The standard InChI is InChI=1S/2C4H7NO.2ClH/c2*5-4(6)3-1-2-3;;/h2*3H,1-2H2,(H2,5,6);2*1H. The Hall–Kier alpha value is -0.480. The van der Waals surface area contributed by atoms with E-state index in [1.165, 1.54) is 0 Å². The van der Waals surface area contributed by atoms with E-state index in [4.69, 9.17) is 11.5 Å². The van der Waals surface area contributed by atoms with Crippen molar-refractivity contribution in [3.8, 4) is 0 Å². The van der Waals surface area contributed by atoms with Crippen LogP contribution in [0.5, 0.6) is 0 Å². The molecule has 0 unspecified atom stereocenters. The zero-order valence-corrected chi connectivity index (χ0v) is 9.40. The lowest BCUT2D eigenvalue weighted by molar-refractivity contribution is -0.120. The number of carbonyl (C=O) groups is 2. The fourth-order valence-corrected chi connectivity index (χ4v) is 0.736. The SMILES string of the molecule is Cl.Cl.NC(=O)C1CC1.NC(=O)C1CC1. The van der Waals surface area contributed by atoms with Gasteiger partial charge in [0.15, 0.2) is 0 Å². The molecule has 0 spiro atoms. The number of nitrogens with two attached hydrogens (primary N) is 2. The molecule has 0 aromatic heterocycles. The van der Waals surface area contributed by atoms with Gasteiger partial charge in [-0.2, -0.15) is 0 Å². The molecule has 6 heteroatoms. The van der Waals surface area contributed by atoms with Gasteiger partial charge < -0.3 is 11.5 Å². The van der Waals surface area contributed by atoms with E-state index in [0.717, 1.165) is 25.7 Å². The van der Waals surface area contributed by atoms with E-state index in [1.807, 2.05) is 0 Å². The lowest BCUT2D eigenvalue weighted by Crippen LogP contribution is -2.11. The van der Waals surface area contributed by atoms with Crippen molar-refractivity contribution in [1.82, 2.24) is 0 Å². The van der Waals surface area contributed by atoms with Crippen molar-refractivity contribution < 1.29 is 9.59 Å². The van der Waals surface area contributed by atoms with Crippen LogP contribution in [0.3, 0.4) is 0 Å². The van der Waals surface area contributed by atoms with Gasteiger partial charge in [0.25, 0.3) is 0 Å². The maximum Gasteiger partial charge on any atom is 0.220 e. The molecule has 2 aliphatic rings. The molecule has 0 radical (unpaired) electrons. The lowest BCUT2D eigenvalue weighted by atomic mass is 10.4. The van der Waals surface area contributed by atoms with Crippen LogP contribution in [0, 0.1) is 11.8 Å². The van der Waals surface area contributed by atoms with Gasteiger partial charge >= 0.3 is 0 Å². The Kier molecular flexibility index (Phi) is 7.87. The molecule has 2 rings (SSSR count). The normalized spacial score (nSPS) is 17.7. The Morgan fingerprint density at radius 3 is 1.00 bits per heavy atom. The Labute approximate surface area is 95.6 Å². The van der Waals surface area contributed by atoms with Crippen molar-refractivity contribution in [3.63, 3.8) is 0 Å². The minimum absolute atomic E-state index is 0. The average Bonchev–Trinajstić information content (AvgIpc) is 2.85. The first kappa shape index (κ1) is 16.0. The highest BCUT2D eigenvalue weighted by Crippen LogP contribution is 2.27. The number of primary amides is 2. The third kappa shape index (κ3) is 6.97. The monoisotopic (exact) mass is 242 g/mol. The highest BCUT2D eigenvalue weighted by molar-refractivity contribution is 5.85. The molecule has 2 saturated carbocycles. The van der Waals surface area contributed by atoms with Crippen molar-refractivity contribution >= 4 is 36.6 Å². The highest BCUT2D eigenvalue weighted by atomic mass is 35.5. The van der Waals surface area contributed by atoms with Crippen molar-refractivity contribution in [2.45, 2.75) is 25.7 Å². The first-order valence-electron chi connectivity index (χ1n) is 4.20. The Balaban J connectivity index is 0. The number of amides is 2. The van der Waals surface area contributed by atoms with E-state index in [2.05, 4.69) is 0 Å². The second-order valence-corrected chi connectivity index (χ2v) is 3.35. The minimum Gasteiger partial charge on any atom is -0.369 e. The van der Waals surface area contributed by atoms with Gasteiger partial charge in [-0.3, -0.25) is 9.59 Å².